The van der Waals surface area contributed by atoms with Crippen LogP contribution < -0.4 is 0 Å². The number of nitrogens with zero attached hydrogens (tertiary/aromatic N) is 2. The van der Waals surface area contributed by atoms with Crippen LogP contribution in [0, 0.1) is 0 Å². The zero-order valence-corrected chi connectivity index (χ0v) is 22.7. The first-order valence-corrected chi connectivity index (χ1v) is 13.7. The molecule has 0 saturated heterocycles. The molecule has 0 bridgehead atoms. The molecule has 9 rings (SSSR count). The van der Waals surface area contributed by atoms with E-state index in [2.05, 4.69) is 0 Å². The van der Waals surface area contributed by atoms with E-state index in [1.165, 1.54) is 39.5 Å². The van der Waals surface area contributed by atoms with Gasteiger partial charge in [-0.05, 0) is 70.7 Å². The first-order valence-electron chi connectivity index (χ1n) is 22.2. The van der Waals surface area contributed by atoms with Crippen LogP contribution >= 0.6 is 0 Å². The van der Waals surface area contributed by atoms with Gasteiger partial charge in [0.05, 0.1) is 45.4 Å². The molecule has 0 amide bonds. The van der Waals surface area contributed by atoms with Crippen LogP contribution in [0.2, 0.25) is 0 Å². The smallest absolute Gasteiger partial charge is 0.0646 e. The molecular weight excluding hydrogens is 532 g/mol. The van der Waals surface area contributed by atoms with Gasteiger partial charge in [-0.15, -0.1) is 0 Å². The van der Waals surface area contributed by atoms with Gasteiger partial charge >= 0.3 is 0 Å². The normalized spacial score (nSPS) is 17.0. The molecule has 0 aliphatic carbocycles. The lowest BCUT2D eigenvalue weighted by atomic mass is 10.0. The Morgan fingerprint density at radius 2 is 0.909 bits per heavy atom. The van der Waals surface area contributed by atoms with Crippen molar-refractivity contribution in [3.8, 4) is 33.6 Å². The van der Waals surface area contributed by atoms with Crippen LogP contribution in [0.25, 0.3) is 77.2 Å². The van der Waals surface area contributed by atoms with Gasteiger partial charge in [0.1, 0.15) is 0 Å². The van der Waals surface area contributed by atoms with Crippen molar-refractivity contribution in [1.29, 1.82) is 0 Å². The molecule has 0 N–H and O–H groups in total. The third kappa shape index (κ3) is 3.75. The van der Waals surface area contributed by atoms with E-state index in [1.807, 2.05) is 0 Å². The Bertz CT molecular complexity index is 3420. The average Bonchev–Trinajstić information content (AvgIpc) is 3.75. The van der Waals surface area contributed by atoms with Crippen molar-refractivity contribution >= 4 is 43.6 Å². The van der Waals surface area contributed by atoms with Crippen molar-refractivity contribution in [2.45, 2.75) is 0 Å². The maximum absolute atomic E-state index is 9.69. The Morgan fingerprint density at radius 1 is 0.364 bits per heavy atom. The van der Waals surface area contributed by atoms with Crippen molar-refractivity contribution < 1.29 is 23.3 Å². The van der Waals surface area contributed by atoms with Gasteiger partial charge in [-0.3, -0.25) is 0 Å². The van der Waals surface area contributed by atoms with Gasteiger partial charge in [-0.1, -0.05) is 121 Å². The number of aromatic nitrogens is 2. The van der Waals surface area contributed by atoms with E-state index in [9.17, 15) is 8.22 Å². The van der Waals surface area contributed by atoms with Gasteiger partial charge in [-0.2, -0.15) is 0 Å². The molecule has 0 spiro atoms. The third-order valence-electron chi connectivity index (χ3n) is 7.66. The van der Waals surface area contributed by atoms with E-state index < -0.39 is 60.4 Å². The summed E-state index contributed by atoms with van der Waals surface area (Å²) in [5.41, 5.74) is 0.322. The Morgan fingerprint density at radius 3 is 1.61 bits per heavy atom. The summed E-state index contributed by atoms with van der Waals surface area (Å²) in [5, 5.41) is -0.423. The van der Waals surface area contributed by atoms with E-state index >= 15 is 0 Å². The van der Waals surface area contributed by atoms with E-state index in [0.29, 0.717) is 11.1 Å². The lowest BCUT2D eigenvalue weighted by Gasteiger charge is -2.11. The first-order chi connectivity index (χ1) is 28.8. The highest BCUT2D eigenvalue weighted by molar-refractivity contribution is 6.28. The summed E-state index contributed by atoms with van der Waals surface area (Å²) in [4.78, 5) is 0. The lowest BCUT2D eigenvalue weighted by molar-refractivity contribution is 1.17. The number of hydrogen-bond donors (Lipinski definition) is 0. The largest absolute Gasteiger partial charge is 0.309 e. The minimum absolute atomic E-state index is 0.0210. The summed E-state index contributed by atoms with van der Waals surface area (Å²) in [6.07, 6.45) is 0. The molecule has 0 radical (unpaired) electrons. The number of rotatable bonds is 4. The summed E-state index contributed by atoms with van der Waals surface area (Å²) in [6, 6.07) is 9.04. The molecule has 0 fully saturated rings. The van der Waals surface area contributed by atoms with Gasteiger partial charge in [0.2, 0.25) is 0 Å². The van der Waals surface area contributed by atoms with Crippen molar-refractivity contribution in [2.75, 3.05) is 0 Å². The molecule has 2 heteroatoms. The van der Waals surface area contributed by atoms with Gasteiger partial charge in [0.25, 0.3) is 0 Å². The first kappa shape index (κ1) is 13.2. The molecule has 7 aromatic carbocycles. The minimum Gasteiger partial charge on any atom is -0.309 e. The Labute approximate surface area is 279 Å². The SMILES string of the molecule is [2H]c1ccc(-c2cc(-n3c4c([2H])c([2H])c([2H])c([2H])c4c4c5c6c([2H])c([2H])c([2H])c([2H])c6n(-c6cc(-c7c([2H])cc([2H])cc7[2H])c([2H])cc6[2H])c5c([2H])c([2H])c43)ccc2[2H])cc1. The maximum Gasteiger partial charge on any atom is 0.0646 e. The van der Waals surface area contributed by atoms with E-state index in [0.717, 1.165) is 6.07 Å². The molecule has 2 nitrogen and oxygen atoms in total. The second kappa shape index (κ2) is 9.86. The zero-order chi connectivity index (χ0) is 43.8. The predicted molar refractivity (Wildman–Crippen MR) is 186 cm³/mol. The number of fused-ring (bicyclic) bond motifs is 7. The summed E-state index contributed by atoms with van der Waals surface area (Å²) in [6.45, 7) is 0. The Kier molecular flexibility index (Phi) is 2.96. The lowest BCUT2D eigenvalue weighted by Crippen LogP contribution is -1.95. The fraction of sp³-hybridized carbons (Fsp3) is 0. The molecule has 0 atom stereocenters. The van der Waals surface area contributed by atoms with Gasteiger partial charge in [-0.25, -0.2) is 0 Å². The maximum atomic E-state index is 9.69. The molecule has 0 saturated carbocycles. The number of para-hydroxylation sites is 2. The quantitative estimate of drug-likeness (QED) is 0.197. The predicted octanol–water partition coefficient (Wildman–Crippen LogP) is 11.2. The highest BCUT2D eigenvalue weighted by Gasteiger charge is 2.20. The third-order valence-corrected chi connectivity index (χ3v) is 7.66. The van der Waals surface area contributed by atoms with E-state index in [4.69, 9.17) is 15.1 Å². The molecule has 44 heavy (non-hydrogen) atoms. The summed E-state index contributed by atoms with van der Waals surface area (Å²) in [5.74, 6) is 0. The fourth-order valence-corrected chi connectivity index (χ4v) is 5.81. The highest BCUT2D eigenvalue weighted by atomic mass is 15.0. The minimum atomic E-state index is -0.668. The van der Waals surface area contributed by atoms with Crippen molar-refractivity contribution in [3.05, 3.63) is 169 Å². The summed E-state index contributed by atoms with van der Waals surface area (Å²) in [7, 11) is 0. The molecule has 206 valence electrons. The van der Waals surface area contributed by atoms with Crippen molar-refractivity contribution in [1.82, 2.24) is 9.13 Å². The van der Waals surface area contributed by atoms with Crippen LogP contribution in [-0.2, 0) is 0 Å². The van der Waals surface area contributed by atoms with Crippen LogP contribution in [0.3, 0.4) is 0 Å². The molecular formula is C42H28N2. The highest BCUT2D eigenvalue weighted by Crippen LogP contribution is 2.42. The molecule has 2 heterocycles. The van der Waals surface area contributed by atoms with Crippen LogP contribution in [0.5, 0.6) is 0 Å². The van der Waals surface area contributed by atoms with Crippen LogP contribution in [0.1, 0.15) is 23.3 Å². The zero-order valence-electron chi connectivity index (χ0n) is 39.7. The molecule has 0 unspecified atom stereocenters. The molecule has 0 aliphatic heterocycles. The topological polar surface area (TPSA) is 9.86 Å². The monoisotopic (exact) mass is 577 g/mol. The van der Waals surface area contributed by atoms with E-state index in [-0.39, 0.29) is 108 Å². The fourth-order valence-electron chi connectivity index (χ4n) is 5.81. The van der Waals surface area contributed by atoms with Gasteiger partial charge in [0.15, 0.2) is 0 Å². The van der Waals surface area contributed by atoms with Crippen LogP contribution in [-0.4, -0.2) is 9.13 Å². The molecule has 0 aliphatic rings. The second-order valence-corrected chi connectivity index (χ2v) is 10.1. The summed E-state index contributed by atoms with van der Waals surface area (Å²) >= 11 is 0. The summed E-state index contributed by atoms with van der Waals surface area (Å²) < 4.78 is 154. The molecule has 9 aromatic rings. The number of hydrogen-bond acceptors (Lipinski definition) is 0. The van der Waals surface area contributed by atoms with Gasteiger partial charge in [0, 0.05) is 32.9 Å². The standard InChI is InChI=1S/C42H28N2/c1-3-13-29(14-4-1)31-17-11-19-33(27-31)43-37-23-9-7-21-35(37)41-39(43)25-26-40-42(41)36-22-8-10-24-38(36)44(40)34-20-12-18-32(28-34)30-15-5-2-6-16-30/h1-28H/i1D,2D,7D,8D,9D,10D,13D,14D,17D,18D,19D,21D,22D,23D,24D,25D,26D. The van der Waals surface area contributed by atoms with Crippen LogP contribution in [0.15, 0.2) is 169 Å². The van der Waals surface area contributed by atoms with Crippen molar-refractivity contribution in [3.63, 3.8) is 0 Å². The average molecular weight is 578 g/mol. The molecule has 2 aromatic heterocycles. The number of benzene rings is 7. The Hall–Kier alpha value is -5.86. The second-order valence-electron chi connectivity index (χ2n) is 10.1. The van der Waals surface area contributed by atoms with Crippen molar-refractivity contribution in [2.24, 2.45) is 0 Å². The van der Waals surface area contributed by atoms with Gasteiger partial charge < -0.3 is 9.13 Å². The van der Waals surface area contributed by atoms with Crippen LogP contribution in [0.4, 0.5) is 0 Å². The Balaban J connectivity index is 1.54. The van der Waals surface area contributed by atoms with E-state index in [1.54, 1.807) is 30.3 Å².